The highest BCUT2D eigenvalue weighted by atomic mass is 16.5. The zero-order chi connectivity index (χ0) is 11.3. The molecule has 1 rings (SSSR count). The second kappa shape index (κ2) is 5.33. The highest BCUT2D eigenvalue weighted by molar-refractivity contribution is 6.32. The molecule has 1 heterocycles. The highest BCUT2D eigenvalue weighted by Gasteiger charge is 2.24. The minimum absolute atomic E-state index is 0.103. The van der Waals surface area contributed by atoms with Crippen LogP contribution in [0.25, 0.3) is 0 Å². The van der Waals surface area contributed by atoms with Crippen LogP contribution in [0.4, 0.5) is 0 Å². The van der Waals surface area contributed by atoms with E-state index < -0.39 is 11.9 Å². The van der Waals surface area contributed by atoms with Gasteiger partial charge in [0.05, 0.1) is 6.61 Å². The van der Waals surface area contributed by atoms with Gasteiger partial charge in [-0.1, -0.05) is 0 Å². The van der Waals surface area contributed by atoms with E-state index in [0.717, 1.165) is 0 Å². The quantitative estimate of drug-likeness (QED) is 0.444. The number of amides is 2. The zero-order valence-corrected chi connectivity index (χ0v) is 8.62. The first kappa shape index (κ1) is 11.5. The van der Waals surface area contributed by atoms with Gasteiger partial charge in [-0.05, 0) is 6.92 Å². The van der Waals surface area contributed by atoms with Crippen molar-refractivity contribution in [1.29, 1.82) is 0 Å². The average Bonchev–Trinajstić information content (AvgIpc) is 2.42. The SMILES string of the molecule is CCOC(=O)C(=O)N1CCNC(=O)CC1. The molecule has 1 saturated heterocycles. The number of rotatable bonds is 1. The second-order valence-corrected chi connectivity index (χ2v) is 3.11. The van der Waals surface area contributed by atoms with E-state index in [0.29, 0.717) is 13.1 Å². The molecule has 0 aromatic heterocycles. The van der Waals surface area contributed by atoms with E-state index >= 15 is 0 Å². The first-order valence-electron chi connectivity index (χ1n) is 4.88. The minimum atomic E-state index is -0.855. The van der Waals surface area contributed by atoms with Crippen LogP contribution in [0.15, 0.2) is 0 Å². The summed E-state index contributed by atoms with van der Waals surface area (Å²) in [6.45, 7) is 2.81. The predicted molar refractivity (Wildman–Crippen MR) is 50.8 cm³/mol. The summed E-state index contributed by atoms with van der Waals surface area (Å²) in [6, 6.07) is 0. The summed E-state index contributed by atoms with van der Waals surface area (Å²) in [5.41, 5.74) is 0. The number of hydrogen-bond donors (Lipinski definition) is 1. The van der Waals surface area contributed by atoms with Crippen LogP contribution in [0.1, 0.15) is 13.3 Å². The highest BCUT2D eigenvalue weighted by Crippen LogP contribution is 1.98. The molecule has 0 atom stereocenters. The molecule has 0 spiro atoms. The fourth-order valence-corrected chi connectivity index (χ4v) is 1.29. The number of carbonyl (C=O) groups excluding carboxylic acids is 3. The zero-order valence-electron chi connectivity index (χ0n) is 8.62. The van der Waals surface area contributed by atoms with Gasteiger partial charge in [0, 0.05) is 26.1 Å². The molecule has 6 nitrogen and oxygen atoms in total. The smallest absolute Gasteiger partial charge is 0.397 e. The lowest BCUT2D eigenvalue weighted by Gasteiger charge is -2.17. The van der Waals surface area contributed by atoms with Crippen molar-refractivity contribution in [1.82, 2.24) is 10.2 Å². The maximum absolute atomic E-state index is 11.5. The van der Waals surface area contributed by atoms with Crippen molar-refractivity contribution in [3.63, 3.8) is 0 Å². The number of ether oxygens (including phenoxy) is 1. The molecular formula is C9H14N2O4. The van der Waals surface area contributed by atoms with Crippen LogP contribution in [0.3, 0.4) is 0 Å². The summed E-state index contributed by atoms with van der Waals surface area (Å²) in [4.78, 5) is 34.9. The first-order chi connectivity index (χ1) is 7.15. The molecule has 2 amide bonds. The Morgan fingerprint density at radius 2 is 2.20 bits per heavy atom. The molecule has 0 aromatic rings. The molecule has 0 saturated carbocycles. The Labute approximate surface area is 87.6 Å². The van der Waals surface area contributed by atoms with Gasteiger partial charge in [-0.3, -0.25) is 9.59 Å². The van der Waals surface area contributed by atoms with Gasteiger partial charge in [-0.2, -0.15) is 0 Å². The molecule has 1 N–H and O–H groups in total. The molecule has 1 fully saturated rings. The van der Waals surface area contributed by atoms with Gasteiger partial charge in [0.25, 0.3) is 0 Å². The van der Waals surface area contributed by atoms with E-state index in [4.69, 9.17) is 0 Å². The minimum Gasteiger partial charge on any atom is -0.459 e. The van der Waals surface area contributed by atoms with Crippen LogP contribution in [0.5, 0.6) is 0 Å². The fourth-order valence-electron chi connectivity index (χ4n) is 1.29. The molecule has 0 bridgehead atoms. The lowest BCUT2D eigenvalue weighted by atomic mass is 10.3. The van der Waals surface area contributed by atoms with Crippen molar-refractivity contribution in [3.05, 3.63) is 0 Å². The van der Waals surface area contributed by atoms with Crippen LogP contribution >= 0.6 is 0 Å². The van der Waals surface area contributed by atoms with Gasteiger partial charge >= 0.3 is 11.9 Å². The number of nitrogens with zero attached hydrogens (tertiary/aromatic N) is 1. The van der Waals surface area contributed by atoms with E-state index in [1.807, 2.05) is 0 Å². The standard InChI is InChI=1S/C9H14N2O4/c1-2-15-9(14)8(13)11-5-3-7(12)10-4-6-11/h2-6H2,1H3,(H,10,12). The van der Waals surface area contributed by atoms with Crippen LogP contribution in [-0.4, -0.2) is 48.9 Å². The third-order valence-corrected chi connectivity index (χ3v) is 2.05. The summed E-state index contributed by atoms with van der Waals surface area (Å²) in [7, 11) is 0. The van der Waals surface area contributed by atoms with Crippen LogP contribution in [0, 0.1) is 0 Å². The van der Waals surface area contributed by atoms with Gasteiger partial charge in [0.1, 0.15) is 0 Å². The van der Waals surface area contributed by atoms with Crippen molar-refractivity contribution >= 4 is 17.8 Å². The summed E-state index contributed by atoms with van der Waals surface area (Å²) >= 11 is 0. The summed E-state index contributed by atoms with van der Waals surface area (Å²) in [5, 5.41) is 2.62. The van der Waals surface area contributed by atoms with Crippen molar-refractivity contribution < 1.29 is 19.1 Å². The molecule has 0 radical (unpaired) electrons. The summed E-state index contributed by atoms with van der Waals surface area (Å²) < 4.78 is 4.59. The Morgan fingerprint density at radius 1 is 1.47 bits per heavy atom. The Kier molecular flexibility index (Phi) is 4.08. The average molecular weight is 214 g/mol. The van der Waals surface area contributed by atoms with Crippen molar-refractivity contribution in [3.8, 4) is 0 Å². The predicted octanol–water partition coefficient (Wildman–Crippen LogP) is -1.10. The monoisotopic (exact) mass is 214 g/mol. The van der Waals surface area contributed by atoms with Crippen molar-refractivity contribution in [2.75, 3.05) is 26.2 Å². The number of hydrogen-bond acceptors (Lipinski definition) is 4. The fraction of sp³-hybridized carbons (Fsp3) is 0.667. The molecule has 6 heteroatoms. The van der Waals surface area contributed by atoms with Gasteiger partial charge in [0.15, 0.2) is 0 Å². The maximum Gasteiger partial charge on any atom is 0.397 e. The maximum atomic E-state index is 11.5. The summed E-state index contributed by atoms with van der Waals surface area (Å²) in [5.74, 6) is -1.63. The lowest BCUT2D eigenvalue weighted by molar-refractivity contribution is -0.159. The third kappa shape index (κ3) is 3.23. The van der Waals surface area contributed by atoms with Crippen LogP contribution in [-0.2, 0) is 19.1 Å². The normalized spacial score (nSPS) is 16.6. The Bertz CT molecular complexity index is 277. The van der Waals surface area contributed by atoms with E-state index in [9.17, 15) is 14.4 Å². The number of carbonyl (C=O) groups is 3. The molecule has 1 aliphatic rings. The Balaban J connectivity index is 2.51. The molecule has 0 aliphatic carbocycles. The van der Waals surface area contributed by atoms with Gasteiger partial charge in [-0.25, -0.2) is 4.79 Å². The van der Waals surface area contributed by atoms with Gasteiger partial charge in [-0.15, -0.1) is 0 Å². The first-order valence-corrected chi connectivity index (χ1v) is 4.88. The van der Waals surface area contributed by atoms with Gasteiger partial charge in [0.2, 0.25) is 5.91 Å². The van der Waals surface area contributed by atoms with Crippen molar-refractivity contribution in [2.45, 2.75) is 13.3 Å². The molecule has 0 aromatic carbocycles. The second-order valence-electron chi connectivity index (χ2n) is 3.11. The largest absolute Gasteiger partial charge is 0.459 e. The lowest BCUT2D eigenvalue weighted by Crippen LogP contribution is -2.39. The molecule has 1 aliphatic heterocycles. The Morgan fingerprint density at radius 3 is 2.87 bits per heavy atom. The third-order valence-electron chi connectivity index (χ3n) is 2.05. The van der Waals surface area contributed by atoms with E-state index in [1.165, 1.54) is 4.90 Å². The molecule has 0 unspecified atom stereocenters. The van der Waals surface area contributed by atoms with Crippen LogP contribution in [0.2, 0.25) is 0 Å². The summed E-state index contributed by atoms with van der Waals surface area (Å²) in [6.07, 6.45) is 0.227. The van der Waals surface area contributed by atoms with Gasteiger partial charge < -0.3 is 15.0 Å². The van der Waals surface area contributed by atoms with Crippen LogP contribution < -0.4 is 5.32 Å². The van der Waals surface area contributed by atoms with E-state index in [-0.39, 0.29) is 25.5 Å². The van der Waals surface area contributed by atoms with E-state index in [1.54, 1.807) is 6.92 Å². The molecular weight excluding hydrogens is 200 g/mol. The topological polar surface area (TPSA) is 75.7 Å². The number of nitrogens with one attached hydrogen (secondary N) is 1. The number of esters is 1. The Hall–Kier alpha value is -1.59. The van der Waals surface area contributed by atoms with Crippen molar-refractivity contribution in [2.24, 2.45) is 0 Å². The molecule has 15 heavy (non-hydrogen) atoms. The van der Waals surface area contributed by atoms with E-state index in [2.05, 4.69) is 10.1 Å². The molecule has 84 valence electrons.